The number of carboxylic acid groups (broad SMARTS) is 1. The largest absolute Gasteiger partial charge is 0.465 e. The Morgan fingerprint density at radius 1 is 1.36 bits per heavy atom. The molecule has 6 nitrogen and oxygen atoms in total. The summed E-state index contributed by atoms with van der Waals surface area (Å²) in [5.41, 5.74) is 0.964. The summed E-state index contributed by atoms with van der Waals surface area (Å²) in [6, 6.07) is 5.65. The molecule has 1 aromatic heterocycles. The van der Waals surface area contributed by atoms with E-state index in [-0.39, 0.29) is 29.3 Å². The van der Waals surface area contributed by atoms with Crippen LogP contribution in [0.4, 0.5) is 20.6 Å². The first-order valence-corrected chi connectivity index (χ1v) is 8.22. The molecule has 3 N–H and O–H groups in total. The van der Waals surface area contributed by atoms with Crippen molar-refractivity contribution in [3.8, 4) is 0 Å². The lowest BCUT2D eigenvalue weighted by Crippen LogP contribution is -2.45. The van der Waals surface area contributed by atoms with Crippen molar-refractivity contribution in [1.82, 2.24) is 4.98 Å². The van der Waals surface area contributed by atoms with Gasteiger partial charge in [0.05, 0.1) is 10.7 Å². The lowest BCUT2D eigenvalue weighted by Gasteiger charge is -2.37. The maximum atomic E-state index is 13.2. The predicted molar refractivity (Wildman–Crippen MR) is 92.4 cm³/mol. The molecule has 1 heterocycles. The molecule has 2 amide bonds. The van der Waals surface area contributed by atoms with E-state index in [9.17, 15) is 19.1 Å². The number of hydrogen-bond donors (Lipinski definition) is 3. The van der Waals surface area contributed by atoms with Crippen LogP contribution in [-0.4, -0.2) is 28.6 Å². The van der Waals surface area contributed by atoms with E-state index in [1.54, 1.807) is 18.5 Å². The van der Waals surface area contributed by atoms with Crippen molar-refractivity contribution in [2.24, 2.45) is 11.8 Å². The van der Waals surface area contributed by atoms with Gasteiger partial charge in [-0.25, -0.2) is 9.18 Å². The van der Waals surface area contributed by atoms with Crippen LogP contribution in [0.3, 0.4) is 0 Å². The van der Waals surface area contributed by atoms with Crippen molar-refractivity contribution in [3.05, 3.63) is 47.5 Å². The molecule has 1 aliphatic rings. The zero-order valence-corrected chi connectivity index (χ0v) is 14.0. The first-order chi connectivity index (χ1) is 12.0. The monoisotopic (exact) mass is 365 g/mol. The Hall–Kier alpha value is -2.54. The van der Waals surface area contributed by atoms with Crippen molar-refractivity contribution in [1.29, 1.82) is 0 Å². The zero-order valence-electron chi connectivity index (χ0n) is 13.2. The molecule has 1 fully saturated rings. The minimum absolute atomic E-state index is 0.0625. The molecule has 0 spiro atoms. The predicted octanol–water partition coefficient (Wildman–Crippen LogP) is 3.96. The molecule has 2 unspecified atom stereocenters. The first-order valence-electron chi connectivity index (χ1n) is 7.85. The molecule has 0 radical (unpaired) electrons. The molecule has 0 bridgehead atoms. The number of carbonyl (C=O) groups excluding carboxylic acids is 1. The van der Waals surface area contributed by atoms with Gasteiger partial charge in [-0.2, -0.15) is 0 Å². The number of aromatic amines is 1. The second-order valence-electron chi connectivity index (χ2n) is 6.02. The van der Waals surface area contributed by atoms with Crippen LogP contribution in [0.5, 0.6) is 0 Å². The summed E-state index contributed by atoms with van der Waals surface area (Å²) >= 11 is 5.71. The number of rotatable bonds is 5. The van der Waals surface area contributed by atoms with E-state index in [0.717, 1.165) is 6.42 Å². The Balaban J connectivity index is 1.64. The third kappa shape index (κ3) is 3.76. The second kappa shape index (κ2) is 7.14. The van der Waals surface area contributed by atoms with E-state index in [4.69, 9.17) is 11.6 Å². The number of benzene rings is 1. The third-order valence-electron chi connectivity index (χ3n) is 4.48. The van der Waals surface area contributed by atoms with E-state index < -0.39 is 11.9 Å². The molecule has 132 valence electrons. The highest BCUT2D eigenvalue weighted by molar-refractivity contribution is 6.31. The summed E-state index contributed by atoms with van der Waals surface area (Å²) in [6.45, 7) is 0.245. The maximum absolute atomic E-state index is 13.2. The van der Waals surface area contributed by atoms with Crippen molar-refractivity contribution in [2.75, 3.05) is 16.8 Å². The highest BCUT2D eigenvalue weighted by Gasteiger charge is 2.38. The lowest BCUT2D eigenvalue weighted by atomic mass is 9.72. The number of carbonyl (C=O) groups is 2. The van der Waals surface area contributed by atoms with E-state index >= 15 is 0 Å². The summed E-state index contributed by atoms with van der Waals surface area (Å²) in [4.78, 5) is 27.9. The lowest BCUT2D eigenvalue weighted by molar-refractivity contribution is -0.124. The number of hydrogen-bond acceptors (Lipinski definition) is 2. The third-order valence-corrected chi connectivity index (χ3v) is 4.77. The number of H-pyrrole nitrogens is 1. The summed E-state index contributed by atoms with van der Waals surface area (Å²) < 4.78 is 13.2. The number of nitrogens with zero attached hydrogens (tertiary/aromatic N) is 1. The minimum Gasteiger partial charge on any atom is -0.465 e. The fourth-order valence-electron chi connectivity index (χ4n) is 2.95. The van der Waals surface area contributed by atoms with Gasteiger partial charge in [0.2, 0.25) is 5.91 Å². The number of anilines is 2. The quantitative estimate of drug-likeness (QED) is 0.749. The Bertz CT molecular complexity index is 781. The van der Waals surface area contributed by atoms with Gasteiger partial charge in [0, 0.05) is 30.5 Å². The van der Waals surface area contributed by atoms with E-state index in [1.165, 1.54) is 23.1 Å². The first kappa shape index (κ1) is 17.3. The molecule has 2 aromatic rings. The molecule has 3 rings (SSSR count). The Kier molecular flexibility index (Phi) is 4.94. The Morgan fingerprint density at radius 2 is 2.16 bits per heavy atom. The van der Waals surface area contributed by atoms with Crippen molar-refractivity contribution in [2.45, 2.75) is 12.8 Å². The summed E-state index contributed by atoms with van der Waals surface area (Å²) in [7, 11) is 0. The van der Waals surface area contributed by atoms with Crippen LogP contribution in [0, 0.1) is 17.7 Å². The fourth-order valence-corrected chi connectivity index (χ4v) is 3.13. The standard InChI is InChI=1S/C17H17ClFN3O3/c18-14-7-11(2-4-15(14)19)21-16(23)13-3-1-10(13)9-22(17(24)25)12-5-6-20-8-12/h2,4-8,10,13,20H,1,3,9H2,(H,21,23)(H,24,25). The van der Waals surface area contributed by atoms with Gasteiger partial charge in [-0.15, -0.1) is 0 Å². The van der Waals surface area contributed by atoms with Crippen molar-refractivity contribution < 1.29 is 19.1 Å². The van der Waals surface area contributed by atoms with Gasteiger partial charge in [0.25, 0.3) is 0 Å². The average Bonchev–Trinajstić information content (AvgIpc) is 3.04. The highest BCUT2D eigenvalue weighted by Crippen LogP contribution is 2.37. The second-order valence-corrected chi connectivity index (χ2v) is 6.43. The summed E-state index contributed by atoms with van der Waals surface area (Å²) in [5, 5.41) is 12.0. The van der Waals surface area contributed by atoms with Gasteiger partial charge in [0.15, 0.2) is 0 Å². The van der Waals surface area contributed by atoms with Gasteiger partial charge in [-0.1, -0.05) is 11.6 Å². The Labute approximate surface area is 148 Å². The van der Waals surface area contributed by atoms with E-state index in [0.29, 0.717) is 17.8 Å². The van der Waals surface area contributed by atoms with Crippen LogP contribution in [-0.2, 0) is 4.79 Å². The van der Waals surface area contributed by atoms with Crippen LogP contribution in [0.2, 0.25) is 5.02 Å². The molecule has 1 aliphatic carbocycles. The maximum Gasteiger partial charge on any atom is 0.411 e. The fraction of sp³-hybridized carbons (Fsp3) is 0.294. The van der Waals surface area contributed by atoms with Crippen LogP contribution in [0.1, 0.15) is 12.8 Å². The average molecular weight is 366 g/mol. The summed E-state index contributed by atoms with van der Waals surface area (Å²) in [6.07, 6.45) is 3.65. The van der Waals surface area contributed by atoms with E-state index in [1.807, 2.05) is 0 Å². The van der Waals surface area contributed by atoms with Gasteiger partial charge in [-0.05, 0) is 43.0 Å². The molecule has 8 heteroatoms. The Morgan fingerprint density at radius 3 is 2.72 bits per heavy atom. The van der Waals surface area contributed by atoms with Crippen LogP contribution < -0.4 is 10.2 Å². The number of nitrogens with one attached hydrogen (secondary N) is 2. The number of halogens is 2. The molecular weight excluding hydrogens is 349 g/mol. The molecule has 0 aliphatic heterocycles. The smallest absolute Gasteiger partial charge is 0.411 e. The topological polar surface area (TPSA) is 85.4 Å². The van der Waals surface area contributed by atoms with Gasteiger partial charge >= 0.3 is 6.09 Å². The number of aromatic nitrogens is 1. The van der Waals surface area contributed by atoms with Gasteiger partial charge < -0.3 is 15.4 Å². The highest BCUT2D eigenvalue weighted by atomic mass is 35.5. The molecule has 2 atom stereocenters. The molecular formula is C17H17ClFN3O3. The van der Waals surface area contributed by atoms with Crippen LogP contribution >= 0.6 is 11.6 Å². The van der Waals surface area contributed by atoms with Crippen molar-refractivity contribution >= 4 is 35.0 Å². The molecule has 25 heavy (non-hydrogen) atoms. The SMILES string of the molecule is O=C(Nc1ccc(F)c(Cl)c1)C1CCC1CN(C(=O)O)c1cc[nH]c1. The summed E-state index contributed by atoms with van der Waals surface area (Å²) in [5.74, 6) is -1.12. The molecule has 1 saturated carbocycles. The van der Waals surface area contributed by atoms with Gasteiger partial charge in [-0.3, -0.25) is 9.69 Å². The molecule has 0 saturated heterocycles. The normalized spacial score (nSPS) is 19.1. The van der Waals surface area contributed by atoms with Crippen LogP contribution in [0.15, 0.2) is 36.7 Å². The number of amides is 2. The van der Waals surface area contributed by atoms with Crippen molar-refractivity contribution in [3.63, 3.8) is 0 Å². The van der Waals surface area contributed by atoms with Crippen LogP contribution in [0.25, 0.3) is 0 Å². The molecule has 1 aromatic carbocycles. The zero-order chi connectivity index (χ0) is 18.0. The van der Waals surface area contributed by atoms with E-state index in [2.05, 4.69) is 10.3 Å². The van der Waals surface area contributed by atoms with Gasteiger partial charge in [0.1, 0.15) is 5.82 Å². The minimum atomic E-state index is -1.06.